The molecule has 0 spiro atoms. The van der Waals surface area contributed by atoms with Gasteiger partial charge < -0.3 is 38.7 Å². The maximum atomic E-state index is 3.51. The molecule has 12 aromatic rings. The van der Waals surface area contributed by atoms with Gasteiger partial charge in [0.25, 0.3) is 0 Å². The van der Waals surface area contributed by atoms with Gasteiger partial charge in [0.2, 0.25) is 0 Å². The number of halogens is 2. The molecule has 0 unspecified atom stereocenters. The second-order valence-electron chi connectivity index (χ2n) is 19.5. The van der Waals surface area contributed by atoms with Gasteiger partial charge in [-0.05, 0) is 139 Å². The predicted octanol–water partition coefficient (Wildman–Crippen LogP) is 23.1. The first-order valence-corrected chi connectivity index (χ1v) is 35.5. The van der Waals surface area contributed by atoms with Gasteiger partial charge in [0.1, 0.15) is 0 Å². The summed E-state index contributed by atoms with van der Waals surface area (Å²) in [4.78, 5) is 4.40. The van der Waals surface area contributed by atoms with Crippen LogP contribution in [0.5, 0.6) is 0 Å². The summed E-state index contributed by atoms with van der Waals surface area (Å²) in [5.41, 5.74) is 15.8. The van der Waals surface area contributed by atoms with Gasteiger partial charge in [0.15, 0.2) is 0 Å². The van der Waals surface area contributed by atoms with Crippen LogP contribution in [0.2, 0.25) is 0 Å². The summed E-state index contributed by atoms with van der Waals surface area (Å²) in [6, 6.07) is 61.1. The van der Waals surface area contributed by atoms with Crippen molar-refractivity contribution >= 4 is 119 Å². The van der Waals surface area contributed by atoms with Crippen LogP contribution in [-0.2, 0) is 51.9 Å². The molecule has 0 radical (unpaired) electrons. The number of aryl methyl sites for hydroxylation is 4. The minimum absolute atomic E-state index is 0.907. The van der Waals surface area contributed by atoms with Crippen LogP contribution in [0.15, 0.2) is 170 Å². The molecule has 90 heavy (non-hydrogen) atoms. The SMILES string of the molecule is CC.CC.CC.CC.CC.CC.CC.CC.CN(C)Cc1ccc2c(c1)c1ccccc1n2C.CN(C)Cc1ccc2c3ccccc3n(C)c2c1.CNC.CNC.Cn1c2ccccc2c2cc(CBr)ccc21.Cn1c2ccccc2c2ccc(CBr)cc21. The van der Waals surface area contributed by atoms with Gasteiger partial charge in [-0.2, -0.15) is 0 Å². The molecule has 4 aromatic heterocycles. The van der Waals surface area contributed by atoms with Crippen LogP contribution in [0.3, 0.4) is 0 Å². The Morgan fingerprint density at radius 1 is 0.267 bits per heavy atom. The number of nitrogens with zero attached hydrogens (tertiary/aromatic N) is 6. The molecule has 0 fully saturated rings. The molecule has 12 rings (SSSR count). The van der Waals surface area contributed by atoms with E-state index in [2.05, 4.69) is 297 Å². The molecule has 8 aromatic carbocycles. The number of alkyl halides is 2. The Morgan fingerprint density at radius 2 is 0.467 bits per heavy atom. The minimum Gasteiger partial charge on any atom is -0.344 e. The van der Waals surface area contributed by atoms with Gasteiger partial charge in [-0.15, -0.1) is 0 Å². The zero-order valence-electron chi connectivity index (χ0n) is 61.4. The van der Waals surface area contributed by atoms with Crippen LogP contribution in [0.4, 0.5) is 0 Å². The summed E-state index contributed by atoms with van der Waals surface area (Å²) in [5, 5.41) is 18.0. The Hall–Kier alpha value is -6.24. The molecule has 10 heteroatoms. The van der Waals surface area contributed by atoms with Crippen molar-refractivity contribution in [1.82, 2.24) is 38.7 Å². The van der Waals surface area contributed by atoms with E-state index in [9.17, 15) is 0 Å². The maximum Gasteiger partial charge on any atom is 0.0491 e. The van der Waals surface area contributed by atoms with E-state index in [1.165, 1.54) is 109 Å². The van der Waals surface area contributed by atoms with E-state index in [4.69, 9.17) is 0 Å². The Bertz CT molecular complexity index is 3770. The van der Waals surface area contributed by atoms with E-state index in [0.29, 0.717) is 0 Å². The minimum atomic E-state index is 0.907. The number of benzene rings is 8. The van der Waals surface area contributed by atoms with Crippen LogP contribution in [0.1, 0.15) is 133 Å². The van der Waals surface area contributed by atoms with E-state index in [0.717, 1.165) is 23.7 Å². The molecule has 0 aliphatic rings. The highest BCUT2D eigenvalue weighted by Gasteiger charge is 2.12. The van der Waals surface area contributed by atoms with E-state index in [1.54, 1.807) is 0 Å². The fourth-order valence-corrected chi connectivity index (χ4v) is 10.6. The summed E-state index contributed by atoms with van der Waals surface area (Å²) < 4.78 is 9.06. The first-order chi connectivity index (χ1) is 43.8. The quantitative estimate of drug-likeness (QED) is 0.163. The van der Waals surface area contributed by atoms with Crippen molar-refractivity contribution in [3.63, 3.8) is 0 Å². The summed E-state index contributed by atoms with van der Waals surface area (Å²) >= 11 is 7.01. The van der Waals surface area contributed by atoms with Gasteiger partial charge in [0.05, 0.1) is 0 Å². The van der Waals surface area contributed by atoms with E-state index >= 15 is 0 Å². The number of hydrogen-bond donors (Lipinski definition) is 2. The first-order valence-electron chi connectivity index (χ1n) is 33.2. The van der Waals surface area contributed by atoms with Gasteiger partial charge >= 0.3 is 0 Å². The predicted molar refractivity (Wildman–Crippen MR) is 422 cm³/mol. The Kier molecular flexibility index (Phi) is 47.2. The average Bonchev–Trinajstić information content (AvgIpc) is 1.70. The molecule has 0 amide bonds. The number of rotatable bonds is 6. The Labute approximate surface area is 565 Å². The third-order valence-corrected chi connectivity index (χ3v) is 14.5. The van der Waals surface area contributed by atoms with E-state index in [1.807, 2.05) is 139 Å². The molecule has 0 atom stereocenters. The molecule has 4 heterocycles. The summed E-state index contributed by atoms with van der Waals surface area (Å²) in [6.45, 7) is 34.0. The monoisotopic (exact) mass is 1350 g/mol. The van der Waals surface area contributed by atoms with Crippen molar-refractivity contribution in [3.8, 4) is 0 Å². The van der Waals surface area contributed by atoms with Crippen LogP contribution in [0.25, 0.3) is 87.2 Å². The molecule has 0 saturated carbocycles. The van der Waals surface area contributed by atoms with Crippen molar-refractivity contribution in [2.45, 2.75) is 135 Å². The average molecular weight is 1360 g/mol. The Balaban J connectivity index is 0. The van der Waals surface area contributed by atoms with Gasteiger partial charge in [-0.3, -0.25) is 0 Å². The van der Waals surface area contributed by atoms with Crippen LogP contribution in [-0.4, -0.2) is 84.4 Å². The highest BCUT2D eigenvalue weighted by Crippen LogP contribution is 2.32. The molecular formula is C80H122Br2N8. The largest absolute Gasteiger partial charge is 0.344 e. The van der Waals surface area contributed by atoms with E-state index < -0.39 is 0 Å². The number of aromatic nitrogens is 4. The molecular weight excluding hydrogens is 1230 g/mol. The first kappa shape index (κ1) is 85.8. The smallest absolute Gasteiger partial charge is 0.0491 e. The summed E-state index contributed by atoms with van der Waals surface area (Å²) in [7, 11) is 24.4. The van der Waals surface area contributed by atoms with Crippen LogP contribution >= 0.6 is 31.9 Å². The van der Waals surface area contributed by atoms with Crippen LogP contribution < -0.4 is 10.6 Å². The van der Waals surface area contributed by atoms with Crippen molar-refractivity contribution in [3.05, 3.63) is 192 Å². The fourth-order valence-electron chi connectivity index (χ4n) is 9.94. The molecule has 0 bridgehead atoms. The van der Waals surface area contributed by atoms with E-state index in [-0.39, 0.29) is 0 Å². The van der Waals surface area contributed by atoms with Gasteiger partial charge in [-0.25, -0.2) is 0 Å². The normalized spacial score (nSPS) is 9.69. The van der Waals surface area contributed by atoms with Crippen molar-refractivity contribution in [1.29, 1.82) is 0 Å². The fraction of sp³-hybridized carbons (Fsp3) is 0.400. The summed E-state index contributed by atoms with van der Waals surface area (Å²) in [5.74, 6) is 0. The maximum absolute atomic E-state index is 3.51. The Morgan fingerprint density at radius 3 is 0.778 bits per heavy atom. The van der Waals surface area contributed by atoms with Gasteiger partial charge in [0, 0.05) is 139 Å². The lowest BCUT2D eigenvalue weighted by molar-refractivity contribution is 0.402. The number of hydrogen-bond acceptors (Lipinski definition) is 4. The highest BCUT2D eigenvalue weighted by molar-refractivity contribution is 9.08. The third-order valence-electron chi connectivity index (χ3n) is 13.2. The third kappa shape index (κ3) is 23.8. The number of fused-ring (bicyclic) bond motifs is 12. The molecule has 0 aliphatic carbocycles. The molecule has 496 valence electrons. The van der Waals surface area contributed by atoms with Crippen molar-refractivity contribution < 1.29 is 0 Å². The second-order valence-corrected chi connectivity index (χ2v) is 20.6. The molecule has 0 saturated heterocycles. The topological polar surface area (TPSA) is 50.3 Å². The van der Waals surface area contributed by atoms with Crippen molar-refractivity contribution in [2.24, 2.45) is 28.2 Å². The molecule has 8 nitrogen and oxygen atoms in total. The highest BCUT2D eigenvalue weighted by atomic mass is 79.9. The molecule has 0 aliphatic heterocycles. The number of nitrogens with one attached hydrogen (secondary N) is 2. The lowest BCUT2D eigenvalue weighted by Crippen LogP contribution is -2.10. The zero-order valence-corrected chi connectivity index (χ0v) is 64.6. The zero-order chi connectivity index (χ0) is 69.1. The van der Waals surface area contributed by atoms with Crippen molar-refractivity contribution in [2.75, 3.05) is 56.4 Å². The molecule has 2 N–H and O–H groups in total. The lowest BCUT2D eigenvalue weighted by Gasteiger charge is -2.09. The van der Waals surface area contributed by atoms with Gasteiger partial charge in [-0.1, -0.05) is 252 Å². The standard InChI is InChI=1S/2C16H18N2.2C14H12BrN.2C2H7N.8C2H6/c1-17(2)11-12-8-9-16-14(10-12)13-6-4-5-7-15(13)18(16)3;1-17(2)11-12-8-9-14-13-6-4-5-7-15(13)18(3)16(14)10-12;1-16-13-5-3-2-4-11(13)12-8-10(9-15)6-7-14(12)16;1-16-13-5-3-2-4-11(13)12-7-6-10(9-15)8-14(12)16;2*1-3-2;8*1-2/h2*4-10H,11H2,1-3H3;2*2-8H,9H2,1H3;2*3H,1-2H3;8*1-2H3. The van der Waals surface area contributed by atoms with Crippen LogP contribution in [0, 0.1) is 0 Å². The summed E-state index contributed by atoms with van der Waals surface area (Å²) in [6.07, 6.45) is 0. The lowest BCUT2D eigenvalue weighted by atomic mass is 10.1. The number of para-hydroxylation sites is 4. The second kappa shape index (κ2) is 49.5.